The van der Waals surface area contributed by atoms with Crippen molar-refractivity contribution in [3.63, 3.8) is 0 Å². The lowest BCUT2D eigenvalue weighted by Crippen LogP contribution is -2.33. The van der Waals surface area contributed by atoms with Crippen LogP contribution in [0, 0.1) is 0 Å². The molecule has 4 heteroatoms. The third-order valence-electron chi connectivity index (χ3n) is 3.67. The Kier molecular flexibility index (Phi) is 5.37. The van der Waals surface area contributed by atoms with E-state index in [1.807, 2.05) is 24.3 Å². The maximum atomic E-state index is 11.0. The van der Waals surface area contributed by atoms with E-state index >= 15 is 0 Å². The van der Waals surface area contributed by atoms with Crippen LogP contribution >= 0.6 is 15.9 Å². The van der Waals surface area contributed by atoms with Gasteiger partial charge in [0.2, 0.25) is 0 Å². The molecule has 0 saturated heterocycles. The summed E-state index contributed by atoms with van der Waals surface area (Å²) in [5.41, 5.74) is 2.53. The third kappa shape index (κ3) is 4.18. The SMILES string of the molecule is CC(C)(CNCc1cccc(C(=O)O)c1)c1ccccc1Br. The fourth-order valence-corrected chi connectivity index (χ4v) is 3.26. The van der Waals surface area contributed by atoms with Crippen LogP contribution in [0.25, 0.3) is 0 Å². The Bertz CT molecular complexity index is 668. The highest BCUT2D eigenvalue weighted by Gasteiger charge is 2.22. The molecule has 0 aromatic heterocycles. The van der Waals surface area contributed by atoms with Crippen LogP contribution < -0.4 is 5.32 Å². The number of benzene rings is 2. The molecule has 0 saturated carbocycles. The molecule has 2 aromatic rings. The summed E-state index contributed by atoms with van der Waals surface area (Å²) in [5, 5.41) is 12.4. The average molecular weight is 362 g/mol. The number of nitrogens with one attached hydrogen (secondary N) is 1. The molecule has 3 nitrogen and oxygen atoms in total. The number of hydrogen-bond donors (Lipinski definition) is 2. The first-order chi connectivity index (χ1) is 10.4. The second-order valence-electron chi connectivity index (χ2n) is 5.97. The summed E-state index contributed by atoms with van der Waals surface area (Å²) in [5.74, 6) is -0.893. The fourth-order valence-electron chi connectivity index (χ4n) is 2.44. The molecule has 2 N–H and O–H groups in total. The van der Waals surface area contributed by atoms with E-state index in [0.717, 1.165) is 16.6 Å². The standard InChI is InChI=1S/C18H20BrNO2/c1-18(2,15-8-3-4-9-16(15)19)12-20-11-13-6-5-7-14(10-13)17(21)22/h3-10,20H,11-12H2,1-2H3,(H,21,22). The van der Waals surface area contributed by atoms with E-state index in [9.17, 15) is 4.79 Å². The number of carbonyl (C=O) groups is 1. The topological polar surface area (TPSA) is 49.3 Å². The Balaban J connectivity index is 2.00. The molecule has 0 amide bonds. The van der Waals surface area contributed by atoms with Gasteiger partial charge in [-0.05, 0) is 29.3 Å². The quantitative estimate of drug-likeness (QED) is 0.809. The van der Waals surface area contributed by atoms with Crippen LogP contribution in [0.4, 0.5) is 0 Å². The van der Waals surface area contributed by atoms with Gasteiger partial charge in [-0.2, -0.15) is 0 Å². The first-order valence-corrected chi connectivity index (χ1v) is 7.97. The van der Waals surface area contributed by atoms with E-state index < -0.39 is 5.97 Å². The van der Waals surface area contributed by atoms with Gasteiger partial charge < -0.3 is 10.4 Å². The number of halogens is 1. The minimum absolute atomic E-state index is 0.0233. The van der Waals surface area contributed by atoms with E-state index in [1.54, 1.807) is 18.2 Å². The van der Waals surface area contributed by atoms with E-state index in [-0.39, 0.29) is 5.41 Å². The highest BCUT2D eigenvalue weighted by Crippen LogP contribution is 2.29. The molecule has 0 aliphatic heterocycles. The van der Waals surface area contributed by atoms with Gasteiger partial charge in [-0.15, -0.1) is 0 Å². The minimum Gasteiger partial charge on any atom is -0.478 e. The summed E-state index contributed by atoms with van der Waals surface area (Å²) < 4.78 is 1.11. The Morgan fingerprint density at radius 3 is 2.59 bits per heavy atom. The molecule has 0 spiro atoms. The zero-order valence-electron chi connectivity index (χ0n) is 12.8. The minimum atomic E-state index is -0.893. The predicted molar refractivity (Wildman–Crippen MR) is 92.3 cm³/mol. The molecule has 0 radical (unpaired) electrons. The summed E-state index contributed by atoms with van der Waals surface area (Å²) in [4.78, 5) is 11.0. The van der Waals surface area contributed by atoms with Crippen LogP contribution in [0.15, 0.2) is 53.0 Å². The maximum absolute atomic E-state index is 11.0. The summed E-state index contributed by atoms with van der Waals surface area (Å²) in [6.45, 7) is 5.82. The molecule has 0 unspecified atom stereocenters. The number of carboxylic acid groups (broad SMARTS) is 1. The molecule has 2 aromatic carbocycles. The number of rotatable bonds is 6. The molecule has 0 bridgehead atoms. The zero-order chi connectivity index (χ0) is 16.2. The van der Waals surface area contributed by atoms with Crippen molar-refractivity contribution >= 4 is 21.9 Å². The van der Waals surface area contributed by atoms with Crippen molar-refractivity contribution in [2.75, 3.05) is 6.54 Å². The second-order valence-corrected chi connectivity index (χ2v) is 6.83. The van der Waals surface area contributed by atoms with Crippen molar-refractivity contribution < 1.29 is 9.90 Å². The smallest absolute Gasteiger partial charge is 0.335 e. The lowest BCUT2D eigenvalue weighted by molar-refractivity contribution is 0.0696. The second kappa shape index (κ2) is 7.07. The van der Waals surface area contributed by atoms with Crippen molar-refractivity contribution in [1.29, 1.82) is 0 Å². The summed E-state index contributed by atoms with van der Waals surface area (Å²) in [6, 6.07) is 15.2. The molecular weight excluding hydrogens is 342 g/mol. The molecule has 0 aliphatic carbocycles. The number of hydrogen-bond acceptors (Lipinski definition) is 2. The van der Waals surface area contributed by atoms with Gasteiger partial charge in [-0.1, -0.05) is 60.1 Å². The largest absolute Gasteiger partial charge is 0.478 e. The average Bonchev–Trinajstić information content (AvgIpc) is 2.47. The van der Waals surface area contributed by atoms with Gasteiger partial charge in [0.1, 0.15) is 0 Å². The first-order valence-electron chi connectivity index (χ1n) is 7.18. The fraction of sp³-hybridized carbons (Fsp3) is 0.278. The molecule has 116 valence electrons. The van der Waals surface area contributed by atoms with Crippen molar-refractivity contribution in [1.82, 2.24) is 5.32 Å². The van der Waals surface area contributed by atoms with E-state index in [4.69, 9.17) is 5.11 Å². The Morgan fingerprint density at radius 2 is 1.91 bits per heavy atom. The molecule has 0 atom stereocenters. The van der Waals surface area contributed by atoms with Crippen molar-refractivity contribution in [3.8, 4) is 0 Å². The Hall–Kier alpha value is -1.65. The summed E-state index contributed by atoms with van der Waals surface area (Å²) >= 11 is 3.60. The summed E-state index contributed by atoms with van der Waals surface area (Å²) in [6.07, 6.45) is 0. The third-order valence-corrected chi connectivity index (χ3v) is 4.36. The molecule has 0 heterocycles. The normalized spacial score (nSPS) is 11.4. The van der Waals surface area contributed by atoms with Crippen LogP contribution in [0.1, 0.15) is 35.3 Å². The lowest BCUT2D eigenvalue weighted by atomic mass is 9.84. The Morgan fingerprint density at radius 1 is 1.18 bits per heavy atom. The van der Waals surface area contributed by atoms with Crippen molar-refractivity contribution in [3.05, 3.63) is 69.7 Å². The predicted octanol–water partition coefficient (Wildman–Crippen LogP) is 4.21. The Labute approximate surface area is 139 Å². The highest BCUT2D eigenvalue weighted by atomic mass is 79.9. The van der Waals surface area contributed by atoms with Crippen LogP contribution in [-0.4, -0.2) is 17.6 Å². The van der Waals surface area contributed by atoms with Gasteiger partial charge in [0.05, 0.1) is 5.56 Å². The maximum Gasteiger partial charge on any atom is 0.335 e. The number of carboxylic acids is 1. The lowest BCUT2D eigenvalue weighted by Gasteiger charge is -2.27. The van der Waals surface area contributed by atoms with E-state index in [2.05, 4.69) is 41.2 Å². The summed E-state index contributed by atoms with van der Waals surface area (Å²) in [7, 11) is 0. The van der Waals surface area contributed by atoms with E-state index in [1.165, 1.54) is 5.56 Å². The molecule has 2 rings (SSSR count). The molecule has 0 fully saturated rings. The van der Waals surface area contributed by atoms with E-state index in [0.29, 0.717) is 12.1 Å². The monoisotopic (exact) mass is 361 g/mol. The highest BCUT2D eigenvalue weighted by molar-refractivity contribution is 9.10. The van der Waals surface area contributed by atoms with Crippen LogP contribution in [0.5, 0.6) is 0 Å². The van der Waals surface area contributed by atoms with Gasteiger partial charge >= 0.3 is 5.97 Å². The number of aromatic carboxylic acids is 1. The van der Waals surface area contributed by atoms with Gasteiger partial charge in [0.25, 0.3) is 0 Å². The van der Waals surface area contributed by atoms with Crippen molar-refractivity contribution in [2.24, 2.45) is 0 Å². The molecular formula is C18H20BrNO2. The molecule has 0 aliphatic rings. The van der Waals surface area contributed by atoms with Gasteiger partial charge in [0, 0.05) is 23.0 Å². The van der Waals surface area contributed by atoms with Gasteiger partial charge in [-0.3, -0.25) is 0 Å². The van der Waals surface area contributed by atoms with Gasteiger partial charge in [0.15, 0.2) is 0 Å². The van der Waals surface area contributed by atoms with Crippen LogP contribution in [0.2, 0.25) is 0 Å². The zero-order valence-corrected chi connectivity index (χ0v) is 14.4. The van der Waals surface area contributed by atoms with Crippen LogP contribution in [0.3, 0.4) is 0 Å². The van der Waals surface area contributed by atoms with Gasteiger partial charge in [-0.25, -0.2) is 4.79 Å². The molecule has 22 heavy (non-hydrogen) atoms. The van der Waals surface area contributed by atoms with Crippen LogP contribution in [-0.2, 0) is 12.0 Å². The van der Waals surface area contributed by atoms with Crippen molar-refractivity contribution in [2.45, 2.75) is 25.8 Å². The first kappa shape index (κ1) is 16.7.